The molecular weight excluding hydrogens is 290 g/mol. The summed E-state index contributed by atoms with van der Waals surface area (Å²) >= 11 is 3.67. The predicted octanol–water partition coefficient (Wildman–Crippen LogP) is 2.44. The molecule has 1 aliphatic heterocycles. The van der Waals surface area contributed by atoms with Gasteiger partial charge in [0.2, 0.25) is 0 Å². The standard InChI is InChI=1S/C14H22BrN3/c1-3-12-10-18(7-6-17(12)2)14-5-4-11(9-16)8-13(14)15/h4-5,8,12H,3,6-7,9-10,16H2,1-2H3. The van der Waals surface area contributed by atoms with Crippen molar-refractivity contribution in [1.82, 2.24) is 4.90 Å². The highest BCUT2D eigenvalue weighted by Crippen LogP contribution is 2.29. The number of piperazine rings is 1. The summed E-state index contributed by atoms with van der Waals surface area (Å²) in [7, 11) is 2.22. The summed E-state index contributed by atoms with van der Waals surface area (Å²) in [5, 5.41) is 0. The van der Waals surface area contributed by atoms with Gasteiger partial charge in [-0.3, -0.25) is 4.90 Å². The van der Waals surface area contributed by atoms with E-state index in [0.717, 1.165) is 24.1 Å². The zero-order chi connectivity index (χ0) is 13.1. The topological polar surface area (TPSA) is 32.5 Å². The lowest BCUT2D eigenvalue weighted by Gasteiger charge is -2.40. The highest BCUT2D eigenvalue weighted by atomic mass is 79.9. The Balaban J connectivity index is 2.16. The predicted molar refractivity (Wildman–Crippen MR) is 81.0 cm³/mol. The van der Waals surface area contributed by atoms with E-state index in [1.165, 1.54) is 17.7 Å². The first-order valence-corrected chi connectivity index (χ1v) is 7.38. The molecule has 1 saturated heterocycles. The Bertz CT molecular complexity index is 408. The molecule has 0 bridgehead atoms. The lowest BCUT2D eigenvalue weighted by Crippen LogP contribution is -2.51. The third-order valence-electron chi connectivity index (χ3n) is 3.84. The highest BCUT2D eigenvalue weighted by Gasteiger charge is 2.23. The van der Waals surface area contributed by atoms with Crippen LogP contribution in [-0.2, 0) is 6.54 Å². The van der Waals surface area contributed by atoms with Crippen LogP contribution in [0.4, 0.5) is 5.69 Å². The molecule has 3 nitrogen and oxygen atoms in total. The maximum absolute atomic E-state index is 5.67. The Kier molecular flexibility index (Phi) is 4.65. The second-order valence-electron chi connectivity index (χ2n) is 4.98. The van der Waals surface area contributed by atoms with Gasteiger partial charge in [-0.25, -0.2) is 0 Å². The Labute approximate surface area is 118 Å². The zero-order valence-corrected chi connectivity index (χ0v) is 12.8. The van der Waals surface area contributed by atoms with Gasteiger partial charge in [0.1, 0.15) is 0 Å². The van der Waals surface area contributed by atoms with Crippen molar-refractivity contribution in [3.05, 3.63) is 28.2 Å². The molecule has 4 heteroatoms. The van der Waals surface area contributed by atoms with Gasteiger partial charge in [0.15, 0.2) is 0 Å². The molecule has 0 saturated carbocycles. The van der Waals surface area contributed by atoms with Gasteiger partial charge >= 0.3 is 0 Å². The summed E-state index contributed by atoms with van der Waals surface area (Å²) in [5.74, 6) is 0. The van der Waals surface area contributed by atoms with Crippen LogP contribution in [0.2, 0.25) is 0 Å². The van der Waals surface area contributed by atoms with Crippen molar-refractivity contribution in [3.8, 4) is 0 Å². The van der Waals surface area contributed by atoms with Crippen molar-refractivity contribution < 1.29 is 0 Å². The van der Waals surface area contributed by atoms with Crippen LogP contribution in [0, 0.1) is 0 Å². The molecule has 0 spiro atoms. The van der Waals surface area contributed by atoms with Crippen molar-refractivity contribution in [2.75, 3.05) is 31.6 Å². The molecule has 1 aromatic rings. The molecule has 100 valence electrons. The van der Waals surface area contributed by atoms with Crippen LogP contribution in [0.1, 0.15) is 18.9 Å². The molecule has 1 heterocycles. The molecule has 2 N–H and O–H groups in total. The quantitative estimate of drug-likeness (QED) is 0.930. The van der Waals surface area contributed by atoms with E-state index >= 15 is 0 Å². The third-order valence-corrected chi connectivity index (χ3v) is 4.47. The first kappa shape index (κ1) is 13.8. The molecule has 18 heavy (non-hydrogen) atoms. The summed E-state index contributed by atoms with van der Waals surface area (Å²) in [6.45, 7) is 6.18. The van der Waals surface area contributed by atoms with Gasteiger partial charge in [0.25, 0.3) is 0 Å². The zero-order valence-electron chi connectivity index (χ0n) is 11.2. The van der Waals surface area contributed by atoms with Crippen LogP contribution in [0.25, 0.3) is 0 Å². The van der Waals surface area contributed by atoms with Gasteiger partial charge in [-0.05, 0) is 47.1 Å². The second kappa shape index (κ2) is 6.04. The van der Waals surface area contributed by atoms with Gasteiger partial charge in [-0.2, -0.15) is 0 Å². The van der Waals surface area contributed by atoms with E-state index < -0.39 is 0 Å². The molecule has 1 fully saturated rings. The Hall–Kier alpha value is -0.580. The number of nitrogens with zero attached hydrogens (tertiary/aromatic N) is 2. The minimum Gasteiger partial charge on any atom is -0.368 e. The fourth-order valence-corrected chi connectivity index (χ4v) is 3.22. The van der Waals surface area contributed by atoms with Crippen LogP contribution in [0.15, 0.2) is 22.7 Å². The number of rotatable bonds is 3. The first-order valence-electron chi connectivity index (χ1n) is 6.59. The lowest BCUT2D eigenvalue weighted by atomic mass is 10.1. The maximum atomic E-state index is 5.67. The first-order chi connectivity index (χ1) is 8.65. The average molecular weight is 312 g/mol. The molecule has 0 aromatic heterocycles. The van der Waals surface area contributed by atoms with Crippen LogP contribution < -0.4 is 10.6 Å². The number of benzene rings is 1. The van der Waals surface area contributed by atoms with Crippen molar-refractivity contribution in [2.24, 2.45) is 5.73 Å². The summed E-state index contributed by atoms with van der Waals surface area (Å²) in [5.41, 5.74) is 8.13. The van der Waals surface area contributed by atoms with E-state index in [0.29, 0.717) is 12.6 Å². The fraction of sp³-hybridized carbons (Fsp3) is 0.571. The molecule has 1 atom stereocenters. The Morgan fingerprint density at radius 3 is 2.78 bits per heavy atom. The number of hydrogen-bond donors (Lipinski definition) is 1. The number of anilines is 1. The van der Waals surface area contributed by atoms with Crippen molar-refractivity contribution in [3.63, 3.8) is 0 Å². The van der Waals surface area contributed by atoms with Crippen molar-refractivity contribution in [2.45, 2.75) is 25.9 Å². The van der Waals surface area contributed by atoms with Crippen LogP contribution in [-0.4, -0.2) is 37.6 Å². The Morgan fingerprint density at radius 2 is 2.17 bits per heavy atom. The molecule has 1 aromatic carbocycles. The van der Waals surface area contributed by atoms with Crippen LogP contribution >= 0.6 is 15.9 Å². The smallest absolute Gasteiger partial charge is 0.0511 e. The van der Waals surface area contributed by atoms with Crippen molar-refractivity contribution >= 4 is 21.6 Å². The normalized spacial score (nSPS) is 21.3. The van der Waals surface area contributed by atoms with E-state index in [9.17, 15) is 0 Å². The molecule has 0 aliphatic carbocycles. The van der Waals surface area contributed by atoms with E-state index in [4.69, 9.17) is 5.73 Å². The number of halogens is 1. The van der Waals surface area contributed by atoms with Gasteiger partial charge < -0.3 is 10.6 Å². The van der Waals surface area contributed by atoms with E-state index in [-0.39, 0.29) is 0 Å². The molecular formula is C14H22BrN3. The maximum Gasteiger partial charge on any atom is 0.0511 e. The summed E-state index contributed by atoms with van der Waals surface area (Å²) < 4.78 is 1.16. The Morgan fingerprint density at radius 1 is 1.39 bits per heavy atom. The third kappa shape index (κ3) is 2.87. The highest BCUT2D eigenvalue weighted by molar-refractivity contribution is 9.10. The largest absolute Gasteiger partial charge is 0.368 e. The number of hydrogen-bond acceptors (Lipinski definition) is 3. The van der Waals surface area contributed by atoms with E-state index in [2.05, 4.69) is 57.9 Å². The van der Waals surface area contributed by atoms with Gasteiger partial charge in [-0.15, -0.1) is 0 Å². The average Bonchev–Trinajstić information content (AvgIpc) is 2.39. The number of likely N-dealkylation sites (N-methyl/N-ethyl adjacent to an activating group) is 1. The monoisotopic (exact) mass is 311 g/mol. The van der Waals surface area contributed by atoms with Gasteiger partial charge in [0, 0.05) is 36.7 Å². The van der Waals surface area contributed by atoms with E-state index in [1.54, 1.807) is 0 Å². The minimum atomic E-state index is 0.596. The molecule has 0 amide bonds. The molecule has 0 radical (unpaired) electrons. The summed E-state index contributed by atoms with van der Waals surface area (Å²) in [6.07, 6.45) is 1.20. The summed E-state index contributed by atoms with van der Waals surface area (Å²) in [4.78, 5) is 4.93. The minimum absolute atomic E-state index is 0.596. The lowest BCUT2D eigenvalue weighted by molar-refractivity contribution is 0.213. The summed E-state index contributed by atoms with van der Waals surface area (Å²) in [6, 6.07) is 7.10. The van der Waals surface area contributed by atoms with Crippen LogP contribution in [0.5, 0.6) is 0 Å². The number of nitrogens with two attached hydrogens (primary N) is 1. The fourth-order valence-electron chi connectivity index (χ4n) is 2.54. The van der Waals surface area contributed by atoms with Crippen LogP contribution in [0.3, 0.4) is 0 Å². The molecule has 1 unspecified atom stereocenters. The van der Waals surface area contributed by atoms with Gasteiger partial charge in [0.05, 0.1) is 5.69 Å². The molecule has 2 rings (SSSR count). The van der Waals surface area contributed by atoms with Gasteiger partial charge in [-0.1, -0.05) is 13.0 Å². The second-order valence-corrected chi connectivity index (χ2v) is 5.83. The SMILES string of the molecule is CCC1CN(c2ccc(CN)cc2Br)CCN1C. The van der Waals surface area contributed by atoms with E-state index in [1.807, 2.05) is 0 Å². The molecule has 1 aliphatic rings. The van der Waals surface area contributed by atoms with Crippen molar-refractivity contribution in [1.29, 1.82) is 0 Å².